The Morgan fingerprint density at radius 2 is 2.35 bits per heavy atom. The predicted molar refractivity (Wildman–Crippen MR) is 71.8 cm³/mol. The molecule has 4 nitrogen and oxygen atoms in total. The van der Waals surface area contributed by atoms with Crippen molar-refractivity contribution in [3.8, 4) is 0 Å². The molecule has 2 unspecified atom stereocenters. The molecule has 3 N–H and O–H groups in total. The Bertz CT molecular complexity index is 290. The van der Waals surface area contributed by atoms with Gasteiger partial charge in [-0.1, -0.05) is 19.1 Å². The van der Waals surface area contributed by atoms with Crippen molar-refractivity contribution in [1.82, 2.24) is 5.32 Å². The first-order valence-electron chi connectivity index (χ1n) is 6.20. The summed E-state index contributed by atoms with van der Waals surface area (Å²) in [6.45, 7) is 4.64. The summed E-state index contributed by atoms with van der Waals surface area (Å²) in [4.78, 5) is 12.1. The van der Waals surface area contributed by atoms with Gasteiger partial charge in [-0.25, -0.2) is 0 Å². The smallest absolute Gasteiger partial charge is 0.220 e. The molecule has 0 saturated carbocycles. The van der Waals surface area contributed by atoms with Crippen LogP contribution in [0, 0.1) is 0 Å². The van der Waals surface area contributed by atoms with E-state index in [1.807, 2.05) is 13.8 Å². The summed E-state index contributed by atoms with van der Waals surface area (Å²) >= 11 is 4.98. The van der Waals surface area contributed by atoms with Gasteiger partial charge in [-0.2, -0.15) is 0 Å². The SMILES string of the molecule is CCC(C)(NC(=O)CCC1CCCO1)C(N)=S. The van der Waals surface area contributed by atoms with Gasteiger partial charge in [0, 0.05) is 13.0 Å². The van der Waals surface area contributed by atoms with Crippen molar-refractivity contribution in [2.24, 2.45) is 5.73 Å². The second-order valence-corrected chi connectivity index (χ2v) is 5.21. The van der Waals surface area contributed by atoms with E-state index in [0.717, 1.165) is 25.9 Å². The second kappa shape index (κ2) is 6.31. The van der Waals surface area contributed by atoms with Crippen LogP contribution in [0.5, 0.6) is 0 Å². The Hall–Kier alpha value is -0.680. The minimum atomic E-state index is -0.567. The van der Waals surface area contributed by atoms with Crippen molar-refractivity contribution in [2.75, 3.05) is 6.61 Å². The van der Waals surface area contributed by atoms with Crippen LogP contribution in [-0.4, -0.2) is 29.1 Å². The number of hydrogen-bond donors (Lipinski definition) is 2. The molecule has 17 heavy (non-hydrogen) atoms. The highest BCUT2D eigenvalue weighted by Gasteiger charge is 2.27. The normalized spacial score (nSPS) is 23.1. The number of ether oxygens (including phenoxy) is 1. The minimum Gasteiger partial charge on any atom is -0.391 e. The van der Waals surface area contributed by atoms with Gasteiger partial charge in [0.2, 0.25) is 5.91 Å². The number of nitrogens with one attached hydrogen (secondary N) is 1. The maximum Gasteiger partial charge on any atom is 0.220 e. The quantitative estimate of drug-likeness (QED) is 0.709. The van der Waals surface area contributed by atoms with E-state index >= 15 is 0 Å². The van der Waals surface area contributed by atoms with Crippen molar-refractivity contribution in [3.63, 3.8) is 0 Å². The summed E-state index contributed by atoms with van der Waals surface area (Å²) in [5.74, 6) is -0.00218. The number of carbonyl (C=O) groups is 1. The lowest BCUT2D eigenvalue weighted by Gasteiger charge is -2.28. The molecular weight excluding hydrogens is 236 g/mol. The fourth-order valence-corrected chi connectivity index (χ4v) is 2.05. The van der Waals surface area contributed by atoms with Gasteiger partial charge in [-0.3, -0.25) is 4.79 Å². The van der Waals surface area contributed by atoms with E-state index in [2.05, 4.69) is 5.32 Å². The Morgan fingerprint density at radius 3 is 2.82 bits per heavy atom. The first-order valence-corrected chi connectivity index (χ1v) is 6.61. The van der Waals surface area contributed by atoms with Crippen LogP contribution >= 0.6 is 12.2 Å². The molecular formula is C12H22N2O2S. The largest absolute Gasteiger partial charge is 0.391 e. The molecule has 0 bridgehead atoms. The number of rotatable bonds is 6. The van der Waals surface area contributed by atoms with Gasteiger partial charge in [0.05, 0.1) is 16.6 Å². The second-order valence-electron chi connectivity index (χ2n) is 4.77. The summed E-state index contributed by atoms with van der Waals surface area (Å²) in [6, 6.07) is 0. The molecule has 0 spiro atoms. The first-order chi connectivity index (χ1) is 7.98. The molecule has 0 radical (unpaired) electrons. The lowest BCUT2D eigenvalue weighted by molar-refractivity contribution is -0.122. The molecule has 1 heterocycles. The zero-order chi connectivity index (χ0) is 12.9. The van der Waals surface area contributed by atoms with Gasteiger partial charge >= 0.3 is 0 Å². The molecule has 0 aromatic heterocycles. The fourth-order valence-electron chi connectivity index (χ4n) is 1.86. The number of amides is 1. The van der Waals surface area contributed by atoms with E-state index in [9.17, 15) is 4.79 Å². The summed E-state index contributed by atoms with van der Waals surface area (Å²) < 4.78 is 5.48. The molecule has 0 aromatic carbocycles. The van der Waals surface area contributed by atoms with Crippen LogP contribution in [0.3, 0.4) is 0 Å². The summed E-state index contributed by atoms with van der Waals surface area (Å²) in [5, 5.41) is 2.91. The van der Waals surface area contributed by atoms with Crippen LogP contribution in [0.1, 0.15) is 46.0 Å². The third kappa shape index (κ3) is 4.24. The molecule has 0 aliphatic carbocycles. The molecule has 1 fully saturated rings. The van der Waals surface area contributed by atoms with Crippen molar-refractivity contribution in [3.05, 3.63) is 0 Å². The molecule has 0 aromatic rings. The number of hydrogen-bond acceptors (Lipinski definition) is 3. The summed E-state index contributed by atoms with van der Waals surface area (Å²) in [5.41, 5.74) is 5.07. The van der Waals surface area contributed by atoms with Crippen LogP contribution < -0.4 is 11.1 Å². The van der Waals surface area contributed by atoms with E-state index in [-0.39, 0.29) is 12.0 Å². The molecule has 1 amide bonds. The molecule has 1 saturated heterocycles. The van der Waals surface area contributed by atoms with Crippen LogP contribution in [0.15, 0.2) is 0 Å². The molecule has 2 atom stereocenters. The van der Waals surface area contributed by atoms with Crippen molar-refractivity contribution in [2.45, 2.75) is 57.6 Å². The standard InChI is InChI=1S/C12H22N2O2S/c1-3-12(2,11(13)17)14-10(15)7-6-9-5-4-8-16-9/h9H,3-8H2,1-2H3,(H2,13,17)(H,14,15). The van der Waals surface area contributed by atoms with Gasteiger partial charge in [-0.15, -0.1) is 0 Å². The van der Waals surface area contributed by atoms with Crippen LogP contribution in [0.25, 0.3) is 0 Å². The molecule has 5 heteroatoms. The first kappa shape index (κ1) is 14.4. The molecule has 1 aliphatic rings. The van der Waals surface area contributed by atoms with Gasteiger partial charge < -0.3 is 15.8 Å². The Balaban J connectivity index is 2.34. The van der Waals surface area contributed by atoms with Crippen molar-refractivity contribution in [1.29, 1.82) is 0 Å². The zero-order valence-electron chi connectivity index (χ0n) is 10.6. The van der Waals surface area contributed by atoms with Crippen LogP contribution in [0.4, 0.5) is 0 Å². The fraction of sp³-hybridized carbons (Fsp3) is 0.833. The average Bonchev–Trinajstić information content (AvgIpc) is 2.78. The van der Waals surface area contributed by atoms with Gasteiger partial charge in [-0.05, 0) is 32.6 Å². The molecule has 98 valence electrons. The van der Waals surface area contributed by atoms with Crippen molar-refractivity contribution >= 4 is 23.1 Å². The van der Waals surface area contributed by atoms with Gasteiger partial charge in [0.1, 0.15) is 0 Å². The molecule has 1 rings (SSSR count). The summed E-state index contributed by atoms with van der Waals surface area (Å²) in [7, 11) is 0. The Labute approximate surface area is 108 Å². The van der Waals surface area contributed by atoms with Crippen LogP contribution in [0.2, 0.25) is 0 Å². The predicted octanol–water partition coefficient (Wildman–Crippen LogP) is 1.52. The topological polar surface area (TPSA) is 64.3 Å². The third-order valence-electron chi connectivity index (χ3n) is 3.38. The minimum absolute atomic E-state index is 0.00218. The third-order valence-corrected chi connectivity index (χ3v) is 3.83. The van der Waals surface area contributed by atoms with Gasteiger partial charge in [0.25, 0.3) is 0 Å². The number of nitrogens with two attached hydrogens (primary N) is 1. The lowest BCUT2D eigenvalue weighted by atomic mass is 9.98. The summed E-state index contributed by atoms with van der Waals surface area (Å²) in [6.07, 6.45) is 4.37. The highest BCUT2D eigenvalue weighted by Crippen LogP contribution is 2.17. The van der Waals surface area contributed by atoms with E-state index < -0.39 is 5.54 Å². The number of thiocarbonyl (C=S) groups is 1. The average molecular weight is 258 g/mol. The van der Waals surface area contributed by atoms with Gasteiger partial charge in [0.15, 0.2) is 0 Å². The zero-order valence-corrected chi connectivity index (χ0v) is 11.4. The maximum atomic E-state index is 11.8. The monoisotopic (exact) mass is 258 g/mol. The van der Waals surface area contributed by atoms with E-state index in [0.29, 0.717) is 17.8 Å². The van der Waals surface area contributed by atoms with Crippen LogP contribution in [-0.2, 0) is 9.53 Å². The Kier molecular flexibility index (Phi) is 5.33. The number of carbonyl (C=O) groups excluding carboxylic acids is 1. The lowest BCUT2D eigenvalue weighted by Crippen LogP contribution is -2.54. The van der Waals surface area contributed by atoms with Crippen molar-refractivity contribution < 1.29 is 9.53 Å². The highest BCUT2D eigenvalue weighted by atomic mass is 32.1. The van der Waals surface area contributed by atoms with E-state index in [1.165, 1.54) is 0 Å². The van der Waals surface area contributed by atoms with E-state index in [4.69, 9.17) is 22.7 Å². The van der Waals surface area contributed by atoms with E-state index in [1.54, 1.807) is 0 Å². The maximum absolute atomic E-state index is 11.8. The Morgan fingerprint density at radius 1 is 1.65 bits per heavy atom. The highest BCUT2D eigenvalue weighted by molar-refractivity contribution is 7.80. The molecule has 1 aliphatic heterocycles.